The highest BCUT2D eigenvalue weighted by Gasteiger charge is 2.25. The van der Waals surface area contributed by atoms with Crippen LogP contribution in [0.2, 0.25) is 0 Å². The van der Waals surface area contributed by atoms with Crippen LogP contribution < -0.4 is 9.64 Å². The van der Waals surface area contributed by atoms with E-state index in [1.54, 1.807) is 19.2 Å². The number of benzene rings is 1. The number of rotatable bonds is 4. The number of carboxylic acids is 1. The zero-order chi connectivity index (χ0) is 14.7. The number of piperazine rings is 1. The number of likely N-dealkylation sites (N-methyl/N-ethyl adjacent to an activating group) is 1. The Bertz CT molecular complexity index is 490. The van der Waals surface area contributed by atoms with Gasteiger partial charge in [0.2, 0.25) is 0 Å². The summed E-state index contributed by atoms with van der Waals surface area (Å²) >= 11 is 0. The molecule has 5 nitrogen and oxygen atoms in total. The van der Waals surface area contributed by atoms with Gasteiger partial charge in [0.1, 0.15) is 5.75 Å². The van der Waals surface area contributed by atoms with Crippen LogP contribution in [0.15, 0.2) is 18.2 Å². The molecule has 1 heterocycles. The lowest BCUT2D eigenvalue weighted by Gasteiger charge is -2.41. The molecule has 1 aliphatic heterocycles. The SMILES string of the molecule is CCN1CCN(c2cc(OC)ccc2C(=O)O)CC1C. The van der Waals surface area contributed by atoms with Crippen LogP contribution in [0.4, 0.5) is 5.69 Å². The fraction of sp³-hybridized carbons (Fsp3) is 0.533. The molecule has 1 saturated heterocycles. The van der Waals surface area contributed by atoms with Gasteiger partial charge in [-0.3, -0.25) is 4.90 Å². The van der Waals surface area contributed by atoms with Gasteiger partial charge in [-0.2, -0.15) is 0 Å². The molecule has 1 atom stereocenters. The van der Waals surface area contributed by atoms with Gasteiger partial charge in [0, 0.05) is 31.7 Å². The molecule has 1 N–H and O–H groups in total. The van der Waals surface area contributed by atoms with Crippen LogP contribution in [0.25, 0.3) is 0 Å². The van der Waals surface area contributed by atoms with E-state index in [1.165, 1.54) is 0 Å². The van der Waals surface area contributed by atoms with Gasteiger partial charge >= 0.3 is 5.97 Å². The largest absolute Gasteiger partial charge is 0.497 e. The van der Waals surface area contributed by atoms with Crippen molar-refractivity contribution in [1.82, 2.24) is 4.90 Å². The van der Waals surface area contributed by atoms with Crippen LogP contribution >= 0.6 is 0 Å². The minimum Gasteiger partial charge on any atom is -0.497 e. The number of anilines is 1. The molecule has 0 saturated carbocycles. The van der Waals surface area contributed by atoms with Gasteiger partial charge in [-0.1, -0.05) is 6.92 Å². The molecular weight excluding hydrogens is 256 g/mol. The van der Waals surface area contributed by atoms with Crippen molar-refractivity contribution in [3.8, 4) is 5.75 Å². The second-order valence-electron chi connectivity index (χ2n) is 5.11. The Morgan fingerprint density at radius 3 is 2.75 bits per heavy atom. The van der Waals surface area contributed by atoms with Gasteiger partial charge in [-0.05, 0) is 25.6 Å². The quantitative estimate of drug-likeness (QED) is 0.912. The Morgan fingerprint density at radius 2 is 2.20 bits per heavy atom. The summed E-state index contributed by atoms with van der Waals surface area (Å²) in [5, 5.41) is 9.35. The van der Waals surface area contributed by atoms with Gasteiger partial charge in [-0.15, -0.1) is 0 Å². The van der Waals surface area contributed by atoms with Gasteiger partial charge in [0.25, 0.3) is 0 Å². The van der Waals surface area contributed by atoms with Crippen LogP contribution in [-0.2, 0) is 0 Å². The third-order valence-corrected chi connectivity index (χ3v) is 3.95. The monoisotopic (exact) mass is 278 g/mol. The van der Waals surface area contributed by atoms with Gasteiger partial charge < -0.3 is 14.7 Å². The molecule has 5 heteroatoms. The molecule has 2 rings (SSSR count). The van der Waals surface area contributed by atoms with E-state index in [4.69, 9.17) is 4.74 Å². The average molecular weight is 278 g/mol. The highest BCUT2D eigenvalue weighted by Crippen LogP contribution is 2.28. The first kappa shape index (κ1) is 14.7. The normalized spacial score (nSPS) is 19.9. The van der Waals surface area contributed by atoms with Crippen LogP contribution in [0.3, 0.4) is 0 Å². The molecule has 0 radical (unpaired) electrons. The second kappa shape index (κ2) is 6.13. The maximum absolute atomic E-state index is 11.4. The number of ether oxygens (including phenoxy) is 1. The minimum absolute atomic E-state index is 0.336. The van der Waals surface area contributed by atoms with E-state index in [2.05, 4.69) is 23.6 Å². The third kappa shape index (κ3) is 2.88. The molecule has 0 spiro atoms. The zero-order valence-electron chi connectivity index (χ0n) is 12.3. The van der Waals surface area contributed by atoms with Crippen LogP contribution in [0.5, 0.6) is 5.75 Å². The van der Waals surface area contributed by atoms with Crippen molar-refractivity contribution < 1.29 is 14.6 Å². The lowest BCUT2D eigenvalue weighted by molar-refractivity contribution is 0.0697. The minimum atomic E-state index is -0.895. The molecule has 20 heavy (non-hydrogen) atoms. The van der Waals surface area contributed by atoms with E-state index < -0.39 is 5.97 Å². The number of hydrogen-bond donors (Lipinski definition) is 1. The summed E-state index contributed by atoms with van der Waals surface area (Å²) < 4.78 is 5.22. The molecule has 0 amide bonds. The Morgan fingerprint density at radius 1 is 1.45 bits per heavy atom. The number of methoxy groups -OCH3 is 1. The van der Waals surface area contributed by atoms with Crippen LogP contribution in [0, 0.1) is 0 Å². The Balaban J connectivity index is 2.29. The number of hydrogen-bond acceptors (Lipinski definition) is 4. The molecule has 0 bridgehead atoms. The molecule has 110 valence electrons. The van der Waals surface area contributed by atoms with E-state index in [9.17, 15) is 9.90 Å². The predicted molar refractivity (Wildman–Crippen MR) is 78.9 cm³/mol. The van der Waals surface area contributed by atoms with Gasteiger partial charge in [0.15, 0.2) is 0 Å². The van der Waals surface area contributed by atoms with E-state index >= 15 is 0 Å². The Hall–Kier alpha value is -1.75. The lowest BCUT2D eigenvalue weighted by Crippen LogP contribution is -2.52. The maximum atomic E-state index is 11.4. The standard InChI is InChI=1S/C15H22N2O3/c1-4-16-7-8-17(10-11(16)2)14-9-12(20-3)5-6-13(14)15(18)19/h5-6,9,11H,4,7-8,10H2,1-3H3,(H,18,19). The highest BCUT2D eigenvalue weighted by molar-refractivity contribution is 5.95. The molecule has 1 aromatic carbocycles. The number of aromatic carboxylic acids is 1. The molecule has 1 aliphatic rings. The second-order valence-corrected chi connectivity index (χ2v) is 5.11. The fourth-order valence-corrected chi connectivity index (χ4v) is 2.76. The van der Waals surface area contributed by atoms with Gasteiger partial charge in [-0.25, -0.2) is 4.79 Å². The van der Waals surface area contributed by atoms with Crippen molar-refractivity contribution in [2.24, 2.45) is 0 Å². The Labute approximate surface area is 119 Å². The van der Waals surface area contributed by atoms with Crippen molar-refractivity contribution >= 4 is 11.7 Å². The van der Waals surface area contributed by atoms with E-state index in [0.29, 0.717) is 17.4 Å². The molecule has 1 unspecified atom stereocenters. The maximum Gasteiger partial charge on any atom is 0.337 e. The molecular formula is C15H22N2O3. The zero-order valence-corrected chi connectivity index (χ0v) is 12.3. The van der Waals surface area contributed by atoms with Crippen molar-refractivity contribution in [1.29, 1.82) is 0 Å². The summed E-state index contributed by atoms with van der Waals surface area (Å²) in [4.78, 5) is 15.9. The topological polar surface area (TPSA) is 53.0 Å². The summed E-state index contributed by atoms with van der Waals surface area (Å²) in [7, 11) is 1.59. The van der Waals surface area contributed by atoms with Gasteiger partial charge in [0.05, 0.1) is 18.4 Å². The van der Waals surface area contributed by atoms with Crippen LogP contribution in [-0.4, -0.2) is 55.3 Å². The molecule has 0 aromatic heterocycles. The van der Waals surface area contributed by atoms with E-state index in [-0.39, 0.29) is 0 Å². The molecule has 1 aromatic rings. The summed E-state index contributed by atoms with van der Waals surface area (Å²) in [5.41, 5.74) is 1.09. The third-order valence-electron chi connectivity index (χ3n) is 3.95. The van der Waals surface area contributed by atoms with Crippen molar-refractivity contribution in [2.45, 2.75) is 19.9 Å². The number of nitrogens with zero attached hydrogens (tertiary/aromatic N) is 2. The van der Waals surface area contributed by atoms with E-state index in [1.807, 2.05) is 6.07 Å². The summed E-state index contributed by atoms with van der Waals surface area (Å²) in [6, 6.07) is 5.55. The summed E-state index contributed by atoms with van der Waals surface area (Å²) in [6.45, 7) is 7.98. The number of carboxylic acid groups (broad SMARTS) is 1. The van der Waals surface area contributed by atoms with Crippen molar-refractivity contribution in [3.05, 3.63) is 23.8 Å². The predicted octanol–water partition coefficient (Wildman–Crippen LogP) is 1.92. The number of carbonyl (C=O) groups is 1. The smallest absolute Gasteiger partial charge is 0.337 e. The first-order valence-corrected chi connectivity index (χ1v) is 6.97. The summed E-state index contributed by atoms with van der Waals surface area (Å²) in [5.74, 6) is -0.205. The first-order chi connectivity index (χ1) is 9.56. The highest BCUT2D eigenvalue weighted by atomic mass is 16.5. The summed E-state index contributed by atoms with van der Waals surface area (Å²) in [6.07, 6.45) is 0. The van der Waals surface area contributed by atoms with Crippen molar-refractivity contribution in [2.75, 3.05) is 38.2 Å². The molecule has 0 aliphatic carbocycles. The lowest BCUT2D eigenvalue weighted by atomic mass is 10.1. The molecule has 1 fully saturated rings. The average Bonchev–Trinajstić information content (AvgIpc) is 2.46. The Kier molecular flexibility index (Phi) is 4.49. The van der Waals surface area contributed by atoms with Crippen molar-refractivity contribution in [3.63, 3.8) is 0 Å². The van der Waals surface area contributed by atoms with E-state index in [0.717, 1.165) is 31.9 Å². The first-order valence-electron chi connectivity index (χ1n) is 6.97. The van der Waals surface area contributed by atoms with Crippen LogP contribution in [0.1, 0.15) is 24.2 Å². The fourth-order valence-electron chi connectivity index (χ4n) is 2.76.